The van der Waals surface area contributed by atoms with Gasteiger partial charge in [-0.15, -0.1) is 0 Å². The fourth-order valence-electron chi connectivity index (χ4n) is 3.00. The molecule has 0 aliphatic carbocycles. The van der Waals surface area contributed by atoms with E-state index in [-0.39, 0.29) is 26.3 Å². The molecule has 0 atom stereocenters. The van der Waals surface area contributed by atoms with E-state index in [1.165, 1.54) is 12.1 Å². The Balaban J connectivity index is 2.03. The Morgan fingerprint density at radius 3 is 2.22 bits per heavy atom. The van der Waals surface area contributed by atoms with Crippen LogP contribution in [0.25, 0.3) is 0 Å². The third-order valence-electron chi connectivity index (χ3n) is 4.56. The van der Waals surface area contributed by atoms with E-state index < -0.39 is 22.5 Å². The second kappa shape index (κ2) is 10.3. The third kappa shape index (κ3) is 5.35. The lowest BCUT2D eigenvalue weighted by atomic mass is 10.2. The van der Waals surface area contributed by atoms with Crippen LogP contribution < -0.4 is 14.4 Å². The van der Waals surface area contributed by atoms with Gasteiger partial charge in [-0.25, -0.2) is 8.42 Å². The minimum absolute atomic E-state index is 0.0537. The minimum Gasteiger partial charge on any atom is -0.492 e. The first-order chi connectivity index (χ1) is 15.2. The summed E-state index contributed by atoms with van der Waals surface area (Å²) in [4.78, 5) is 13.0. The smallest absolute Gasteiger partial charge is 0.264 e. The van der Waals surface area contributed by atoms with Gasteiger partial charge in [0.25, 0.3) is 10.0 Å². The van der Waals surface area contributed by atoms with E-state index in [1.807, 2.05) is 6.92 Å². The Hall–Kier alpha value is -2.74. The molecule has 1 N–H and O–H groups in total. The Bertz CT molecular complexity index is 1190. The molecule has 0 fully saturated rings. The van der Waals surface area contributed by atoms with Crippen molar-refractivity contribution in [3.05, 3.63) is 82.3 Å². The van der Waals surface area contributed by atoms with E-state index in [0.29, 0.717) is 12.4 Å². The average Bonchev–Trinajstić information content (AvgIpc) is 2.76. The number of amides is 1. The molecule has 0 saturated carbocycles. The lowest BCUT2D eigenvalue weighted by Gasteiger charge is -2.26. The number of ether oxygens (including phenoxy) is 1. The first-order valence-corrected chi connectivity index (χ1v) is 12.0. The van der Waals surface area contributed by atoms with Gasteiger partial charge in [-0.2, -0.15) is 0 Å². The number of rotatable bonds is 8. The van der Waals surface area contributed by atoms with Crippen LogP contribution in [-0.2, 0) is 14.8 Å². The fourth-order valence-corrected chi connectivity index (χ4v) is 4.93. The average molecular weight is 493 g/mol. The summed E-state index contributed by atoms with van der Waals surface area (Å²) < 4.78 is 33.8. The van der Waals surface area contributed by atoms with Gasteiger partial charge in [-0.1, -0.05) is 59.1 Å². The molecule has 6 nitrogen and oxygen atoms in total. The second-order valence-corrected chi connectivity index (χ2v) is 9.55. The number of sulfonamides is 1. The highest BCUT2D eigenvalue weighted by Crippen LogP contribution is 2.33. The number of hydrogen-bond acceptors (Lipinski definition) is 4. The van der Waals surface area contributed by atoms with E-state index in [0.717, 1.165) is 9.87 Å². The third-order valence-corrected chi connectivity index (χ3v) is 6.96. The van der Waals surface area contributed by atoms with E-state index in [9.17, 15) is 13.2 Å². The molecule has 3 aromatic carbocycles. The summed E-state index contributed by atoms with van der Waals surface area (Å²) in [7, 11) is -4.09. The molecule has 0 aliphatic rings. The molecule has 1 amide bonds. The zero-order chi connectivity index (χ0) is 23.3. The van der Waals surface area contributed by atoms with Crippen molar-refractivity contribution in [2.75, 3.05) is 22.8 Å². The van der Waals surface area contributed by atoms with Gasteiger partial charge in [0, 0.05) is 0 Å². The van der Waals surface area contributed by atoms with E-state index >= 15 is 0 Å². The summed E-state index contributed by atoms with van der Waals surface area (Å²) in [5, 5.41) is 3.10. The number of aryl methyl sites for hydroxylation is 1. The maximum atomic E-state index is 13.6. The zero-order valence-electron chi connectivity index (χ0n) is 17.5. The topological polar surface area (TPSA) is 75.7 Å². The first kappa shape index (κ1) is 23.9. The number of hydrogen-bond donors (Lipinski definition) is 1. The summed E-state index contributed by atoms with van der Waals surface area (Å²) in [5.74, 6) is -0.267. The van der Waals surface area contributed by atoms with Crippen LogP contribution >= 0.6 is 23.2 Å². The number of benzene rings is 3. The van der Waals surface area contributed by atoms with Gasteiger partial charge in [-0.05, 0) is 50.2 Å². The summed E-state index contributed by atoms with van der Waals surface area (Å²) in [6.45, 7) is 3.47. The molecule has 0 heterocycles. The van der Waals surface area contributed by atoms with Crippen molar-refractivity contribution < 1.29 is 17.9 Å². The van der Waals surface area contributed by atoms with Crippen molar-refractivity contribution in [2.24, 2.45) is 0 Å². The van der Waals surface area contributed by atoms with Crippen molar-refractivity contribution in [2.45, 2.75) is 18.7 Å². The van der Waals surface area contributed by atoms with Gasteiger partial charge >= 0.3 is 0 Å². The molecule has 32 heavy (non-hydrogen) atoms. The number of nitrogens with zero attached hydrogens (tertiary/aromatic N) is 1. The Morgan fingerprint density at radius 2 is 1.59 bits per heavy atom. The molecule has 3 rings (SSSR count). The maximum Gasteiger partial charge on any atom is 0.264 e. The molecule has 0 aromatic heterocycles. The van der Waals surface area contributed by atoms with E-state index in [4.69, 9.17) is 27.9 Å². The molecule has 0 unspecified atom stereocenters. The zero-order valence-corrected chi connectivity index (χ0v) is 19.8. The number of carbonyl (C=O) groups excluding carboxylic acids is 1. The molecule has 0 spiro atoms. The van der Waals surface area contributed by atoms with Crippen molar-refractivity contribution in [3.63, 3.8) is 0 Å². The summed E-state index contributed by atoms with van der Waals surface area (Å²) >= 11 is 12.3. The van der Waals surface area contributed by atoms with Crippen LogP contribution in [-0.4, -0.2) is 27.5 Å². The normalized spacial score (nSPS) is 11.1. The van der Waals surface area contributed by atoms with Crippen LogP contribution in [0.4, 0.5) is 11.4 Å². The van der Waals surface area contributed by atoms with Crippen LogP contribution in [0.1, 0.15) is 12.5 Å². The summed E-state index contributed by atoms with van der Waals surface area (Å²) in [5.41, 5.74) is 1.37. The molecule has 0 bridgehead atoms. The molecule has 0 radical (unpaired) electrons. The summed E-state index contributed by atoms with van der Waals surface area (Å²) in [6, 6.07) is 17.9. The van der Waals surface area contributed by atoms with Gasteiger partial charge in [0.1, 0.15) is 12.3 Å². The van der Waals surface area contributed by atoms with Crippen LogP contribution in [0.3, 0.4) is 0 Å². The van der Waals surface area contributed by atoms with Crippen LogP contribution in [0, 0.1) is 6.92 Å². The maximum absolute atomic E-state index is 13.6. The van der Waals surface area contributed by atoms with Crippen molar-refractivity contribution in [1.29, 1.82) is 0 Å². The van der Waals surface area contributed by atoms with Crippen molar-refractivity contribution in [3.8, 4) is 5.75 Å². The largest absolute Gasteiger partial charge is 0.492 e. The number of anilines is 2. The number of carbonyl (C=O) groups is 1. The molecule has 3 aromatic rings. The van der Waals surface area contributed by atoms with Gasteiger partial charge in [-0.3, -0.25) is 9.10 Å². The van der Waals surface area contributed by atoms with Crippen LogP contribution in [0.2, 0.25) is 10.0 Å². The molecular formula is C23H22Cl2N2O4S. The number of halogens is 2. The number of nitrogens with one attached hydrogen (secondary N) is 1. The molecule has 0 aliphatic heterocycles. The van der Waals surface area contributed by atoms with Crippen molar-refractivity contribution >= 4 is 50.5 Å². The van der Waals surface area contributed by atoms with E-state index in [2.05, 4.69) is 5.32 Å². The monoisotopic (exact) mass is 492 g/mol. The van der Waals surface area contributed by atoms with Gasteiger partial charge in [0.05, 0.1) is 32.9 Å². The SMILES string of the molecule is CCOc1ccccc1N(CC(=O)Nc1c(Cl)cccc1Cl)S(=O)(=O)c1ccc(C)cc1. The van der Waals surface area contributed by atoms with Crippen LogP contribution in [0.5, 0.6) is 5.75 Å². The van der Waals surface area contributed by atoms with Gasteiger partial charge < -0.3 is 10.1 Å². The van der Waals surface area contributed by atoms with Crippen LogP contribution in [0.15, 0.2) is 71.6 Å². The second-order valence-electron chi connectivity index (χ2n) is 6.87. The fraction of sp³-hybridized carbons (Fsp3) is 0.174. The highest BCUT2D eigenvalue weighted by Gasteiger charge is 2.29. The standard InChI is InChI=1S/C23H22Cl2N2O4S/c1-3-31-21-10-5-4-9-20(21)27(32(29,30)17-13-11-16(2)12-14-17)15-22(28)26-23-18(24)7-6-8-19(23)25/h4-14H,3,15H2,1-2H3,(H,26,28). The Labute approximate surface area is 197 Å². The molecule has 0 saturated heterocycles. The highest BCUT2D eigenvalue weighted by molar-refractivity contribution is 7.92. The quantitative estimate of drug-likeness (QED) is 0.448. The Kier molecular flexibility index (Phi) is 7.66. The lowest BCUT2D eigenvalue weighted by Crippen LogP contribution is -2.38. The van der Waals surface area contributed by atoms with Gasteiger partial charge in [0.15, 0.2) is 0 Å². The minimum atomic E-state index is -4.09. The highest BCUT2D eigenvalue weighted by atomic mass is 35.5. The number of para-hydroxylation sites is 3. The molecular weight excluding hydrogens is 471 g/mol. The van der Waals surface area contributed by atoms with Crippen molar-refractivity contribution in [1.82, 2.24) is 0 Å². The molecule has 168 valence electrons. The first-order valence-electron chi connectivity index (χ1n) is 9.79. The van der Waals surface area contributed by atoms with E-state index in [1.54, 1.807) is 61.5 Å². The summed E-state index contributed by atoms with van der Waals surface area (Å²) in [6.07, 6.45) is 0. The lowest BCUT2D eigenvalue weighted by molar-refractivity contribution is -0.114. The Morgan fingerprint density at radius 1 is 0.969 bits per heavy atom. The predicted octanol–water partition coefficient (Wildman–Crippen LogP) is 5.53. The predicted molar refractivity (Wildman–Crippen MR) is 128 cm³/mol. The van der Waals surface area contributed by atoms with Gasteiger partial charge in [0.2, 0.25) is 5.91 Å². The molecule has 9 heteroatoms.